The smallest absolute Gasteiger partial charge is 0.329 e. The molecule has 0 bridgehead atoms. The van der Waals surface area contributed by atoms with Gasteiger partial charge >= 0.3 is 5.97 Å². The van der Waals surface area contributed by atoms with Crippen LogP contribution in [0.25, 0.3) is 0 Å². The zero-order chi connectivity index (χ0) is 19.3. The first-order valence-electron chi connectivity index (χ1n) is 8.11. The van der Waals surface area contributed by atoms with E-state index in [1.807, 2.05) is 0 Å². The van der Waals surface area contributed by atoms with E-state index < -0.39 is 29.8 Å². The van der Waals surface area contributed by atoms with E-state index in [0.717, 1.165) is 0 Å². The lowest BCUT2D eigenvalue weighted by molar-refractivity contribution is -0.159. The van der Waals surface area contributed by atoms with Gasteiger partial charge in [-0.2, -0.15) is 8.78 Å². The van der Waals surface area contributed by atoms with Crippen molar-refractivity contribution in [3.63, 3.8) is 0 Å². The highest BCUT2D eigenvalue weighted by atomic mass is 32.2. The lowest BCUT2D eigenvalue weighted by atomic mass is 10.2. The number of rotatable bonds is 6. The monoisotopic (exact) mass is 386 g/mol. The Kier molecular flexibility index (Phi) is 6.96. The Hall–Kier alpha value is -2.16. The van der Waals surface area contributed by atoms with Gasteiger partial charge in [-0.1, -0.05) is 11.8 Å². The summed E-state index contributed by atoms with van der Waals surface area (Å²) in [6.45, 7) is 3.32. The van der Waals surface area contributed by atoms with Crippen molar-refractivity contribution < 1.29 is 27.9 Å². The molecule has 0 aromatic heterocycles. The Labute approximate surface area is 154 Å². The lowest BCUT2D eigenvalue weighted by Gasteiger charge is -2.23. The molecule has 6 nitrogen and oxygen atoms in total. The summed E-state index contributed by atoms with van der Waals surface area (Å²) >= 11 is 0.410. The zero-order valence-electron chi connectivity index (χ0n) is 14.4. The van der Waals surface area contributed by atoms with Gasteiger partial charge in [-0.3, -0.25) is 9.59 Å². The van der Waals surface area contributed by atoms with Gasteiger partial charge in [-0.05, 0) is 44.0 Å². The number of hydrogen-bond donors (Lipinski definition) is 1. The Morgan fingerprint density at radius 3 is 2.50 bits per heavy atom. The van der Waals surface area contributed by atoms with Crippen LogP contribution in [-0.4, -0.2) is 47.1 Å². The van der Waals surface area contributed by atoms with Gasteiger partial charge in [0.1, 0.15) is 6.04 Å². The van der Waals surface area contributed by atoms with Crippen LogP contribution in [0.5, 0.6) is 0 Å². The highest BCUT2D eigenvalue weighted by Crippen LogP contribution is 2.26. The lowest BCUT2D eigenvalue weighted by Crippen LogP contribution is -2.42. The molecule has 142 valence electrons. The molecular weight excluding hydrogens is 366 g/mol. The second-order valence-corrected chi connectivity index (χ2v) is 6.91. The fraction of sp³-hybridized carbons (Fsp3) is 0.471. The second-order valence-electron chi connectivity index (χ2n) is 5.84. The number of amides is 2. The first-order chi connectivity index (χ1) is 12.3. The molecule has 1 aliphatic heterocycles. The standard InChI is InChI=1S/C17H20F2N2O4S/c1-10(25-16(24)14-4-3-9-21(14)11(2)22)15(23)20-12-5-7-13(8-6-12)26-17(18)19/h5-8,10,14,17H,3-4,9H2,1-2H3,(H,20,23). The molecular formula is C17H20F2N2O4S. The average Bonchev–Trinajstić information content (AvgIpc) is 3.06. The van der Waals surface area contributed by atoms with Crippen molar-refractivity contribution in [1.29, 1.82) is 0 Å². The molecule has 26 heavy (non-hydrogen) atoms. The Bertz CT molecular complexity index is 669. The summed E-state index contributed by atoms with van der Waals surface area (Å²) in [4.78, 5) is 37.7. The third kappa shape index (κ3) is 5.42. The van der Waals surface area contributed by atoms with Crippen LogP contribution in [0.4, 0.5) is 14.5 Å². The number of nitrogens with one attached hydrogen (secondary N) is 1. The predicted molar refractivity (Wildman–Crippen MR) is 92.9 cm³/mol. The van der Waals surface area contributed by atoms with Gasteiger partial charge in [-0.25, -0.2) is 4.79 Å². The fourth-order valence-electron chi connectivity index (χ4n) is 2.66. The second kappa shape index (κ2) is 8.98. The molecule has 0 spiro atoms. The van der Waals surface area contributed by atoms with Crippen LogP contribution in [0, 0.1) is 0 Å². The number of esters is 1. The number of alkyl halides is 2. The minimum Gasteiger partial charge on any atom is -0.451 e. The molecule has 1 saturated heterocycles. The summed E-state index contributed by atoms with van der Waals surface area (Å²) in [6, 6.07) is 5.25. The number of hydrogen-bond acceptors (Lipinski definition) is 5. The maximum absolute atomic E-state index is 12.3. The maximum Gasteiger partial charge on any atom is 0.329 e. The number of nitrogens with zero attached hydrogens (tertiary/aromatic N) is 1. The maximum atomic E-state index is 12.3. The van der Waals surface area contributed by atoms with E-state index in [-0.39, 0.29) is 5.91 Å². The van der Waals surface area contributed by atoms with Crippen molar-refractivity contribution in [2.75, 3.05) is 11.9 Å². The molecule has 2 amide bonds. The normalized spacial score (nSPS) is 17.9. The van der Waals surface area contributed by atoms with Crippen LogP contribution < -0.4 is 5.32 Å². The zero-order valence-corrected chi connectivity index (χ0v) is 15.2. The highest BCUT2D eigenvalue weighted by Gasteiger charge is 2.35. The molecule has 2 atom stereocenters. The van der Waals surface area contributed by atoms with Gasteiger partial charge < -0.3 is 15.0 Å². The number of carbonyl (C=O) groups is 3. The molecule has 2 unspecified atom stereocenters. The van der Waals surface area contributed by atoms with Crippen molar-refractivity contribution in [3.05, 3.63) is 24.3 Å². The Morgan fingerprint density at radius 1 is 1.27 bits per heavy atom. The number of likely N-dealkylation sites (tertiary alicyclic amines) is 1. The quantitative estimate of drug-likeness (QED) is 0.601. The topological polar surface area (TPSA) is 75.7 Å². The number of halogens is 2. The minimum absolute atomic E-state index is 0.205. The summed E-state index contributed by atoms with van der Waals surface area (Å²) in [6.07, 6.45) is 0.172. The summed E-state index contributed by atoms with van der Waals surface area (Å²) in [7, 11) is 0. The fourth-order valence-corrected chi connectivity index (χ4v) is 3.16. The van der Waals surface area contributed by atoms with Crippen LogP contribution in [0.1, 0.15) is 26.7 Å². The van der Waals surface area contributed by atoms with Gasteiger partial charge in [0.05, 0.1) is 0 Å². The van der Waals surface area contributed by atoms with E-state index in [1.54, 1.807) is 0 Å². The molecule has 1 aliphatic rings. The molecule has 1 heterocycles. The van der Waals surface area contributed by atoms with Crippen molar-refractivity contribution in [1.82, 2.24) is 4.90 Å². The molecule has 0 aliphatic carbocycles. The molecule has 0 saturated carbocycles. The molecule has 1 aromatic carbocycles. The van der Waals surface area contributed by atoms with E-state index in [0.29, 0.717) is 41.7 Å². The molecule has 9 heteroatoms. The third-order valence-corrected chi connectivity index (χ3v) is 4.66. The number of benzene rings is 1. The van der Waals surface area contributed by atoms with Crippen molar-refractivity contribution in [2.24, 2.45) is 0 Å². The molecule has 1 N–H and O–H groups in total. The largest absolute Gasteiger partial charge is 0.451 e. The number of anilines is 1. The summed E-state index contributed by atoms with van der Waals surface area (Å²) < 4.78 is 29.7. The summed E-state index contributed by atoms with van der Waals surface area (Å²) in [5, 5.41) is 2.56. The molecule has 1 aromatic rings. The van der Waals surface area contributed by atoms with E-state index in [9.17, 15) is 23.2 Å². The van der Waals surface area contributed by atoms with Gasteiger partial charge in [-0.15, -0.1) is 0 Å². The van der Waals surface area contributed by atoms with Crippen LogP contribution in [0.15, 0.2) is 29.2 Å². The van der Waals surface area contributed by atoms with Crippen molar-refractivity contribution >= 4 is 35.2 Å². The van der Waals surface area contributed by atoms with E-state index >= 15 is 0 Å². The number of thioether (sulfide) groups is 1. The van der Waals surface area contributed by atoms with E-state index in [2.05, 4.69) is 5.32 Å². The molecule has 0 radical (unpaired) electrons. The first-order valence-corrected chi connectivity index (χ1v) is 8.99. The third-order valence-electron chi connectivity index (χ3n) is 3.94. The van der Waals surface area contributed by atoms with Crippen LogP contribution >= 0.6 is 11.8 Å². The average molecular weight is 386 g/mol. The summed E-state index contributed by atoms with van der Waals surface area (Å²) in [5.74, 6) is -3.87. The van der Waals surface area contributed by atoms with Crippen LogP contribution in [0.3, 0.4) is 0 Å². The van der Waals surface area contributed by atoms with E-state index in [4.69, 9.17) is 4.74 Å². The predicted octanol–water partition coefficient (Wildman–Crippen LogP) is 2.88. The number of ether oxygens (including phenoxy) is 1. The van der Waals surface area contributed by atoms with Gasteiger partial charge in [0.15, 0.2) is 6.10 Å². The number of carbonyl (C=O) groups excluding carboxylic acids is 3. The van der Waals surface area contributed by atoms with Gasteiger partial charge in [0.2, 0.25) is 5.91 Å². The van der Waals surface area contributed by atoms with Crippen LogP contribution in [0.2, 0.25) is 0 Å². The van der Waals surface area contributed by atoms with Crippen LogP contribution in [-0.2, 0) is 19.1 Å². The van der Waals surface area contributed by atoms with Gasteiger partial charge in [0.25, 0.3) is 11.7 Å². The van der Waals surface area contributed by atoms with Crippen molar-refractivity contribution in [3.8, 4) is 0 Å². The van der Waals surface area contributed by atoms with Gasteiger partial charge in [0, 0.05) is 24.1 Å². The summed E-state index contributed by atoms with van der Waals surface area (Å²) in [5.41, 5.74) is 0.405. The highest BCUT2D eigenvalue weighted by molar-refractivity contribution is 7.99. The molecule has 2 rings (SSSR count). The molecule has 1 fully saturated rings. The van der Waals surface area contributed by atoms with Crippen molar-refractivity contribution in [2.45, 2.75) is 49.5 Å². The Balaban J connectivity index is 1.89. The first kappa shape index (κ1) is 20.2. The van der Waals surface area contributed by atoms with E-state index in [1.165, 1.54) is 43.0 Å². The Morgan fingerprint density at radius 2 is 1.92 bits per heavy atom. The minimum atomic E-state index is -2.51. The SMILES string of the molecule is CC(=O)N1CCCC1C(=O)OC(C)C(=O)Nc1ccc(SC(F)F)cc1.